The van der Waals surface area contributed by atoms with E-state index in [2.05, 4.69) is 10.2 Å². The number of carbonyl (C=O) groups excluding carboxylic acids is 1. The average Bonchev–Trinajstić information content (AvgIpc) is 2.93. The summed E-state index contributed by atoms with van der Waals surface area (Å²) in [5.74, 6) is 0.462. The van der Waals surface area contributed by atoms with E-state index in [4.69, 9.17) is 0 Å². The Kier molecular flexibility index (Phi) is 2.52. The summed E-state index contributed by atoms with van der Waals surface area (Å²) >= 11 is 0. The van der Waals surface area contributed by atoms with Crippen molar-refractivity contribution in [3.63, 3.8) is 0 Å². The Morgan fingerprint density at radius 3 is 2.71 bits per heavy atom. The minimum atomic E-state index is 0.143. The minimum absolute atomic E-state index is 0.143. The molecule has 1 spiro atoms. The molecule has 2 fully saturated rings. The first-order valence-electron chi connectivity index (χ1n) is 5.67. The molecular formula is C11H20N2O. The van der Waals surface area contributed by atoms with Crippen molar-refractivity contribution in [3.05, 3.63) is 0 Å². The second-order valence-electron chi connectivity index (χ2n) is 4.98. The van der Waals surface area contributed by atoms with Crippen molar-refractivity contribution in [2.24, 2.45) is 5.92 Å². The predicted molar refractivity (Wildman–Crippen MR) is 56.0 cm³/mol. The topological polar surface area (TPSA) is 32.3 Å². The molecule has 80 valence electrons. The molecule has 1 aliphatic heterocycles. The number of nitrogens with one attached hydrogen (secondary N) is 1. The monoisotopic (exact) mass is 196 g/mol. The molecule has 3 heteroatoms. The molecule has 1 saturated carbocycles. The zero-order valence-electron chi connectivity index (χ0n) is 9.18. The van der Waals surface area contributed by atoms with E-state index < -0.39 is 0 Å². The molecule has 0 atom stereocenters. The smallest absolute Gasteiger partial charge is 0.225 e. The minimum Gasteiger partial charge on any atom is -0.341 e. The quantitative estimate of drug-likeness (QED) is 0.678. The van der Waals surface area contributed by atoms with Gasteiger partial charge in [0.2, 0.25) is 5.91 Å². The summed E-state index contributed by atoms with van der Waals surface area (Å²) in [5, 5.41) is 3.56. The summed E-state index contributed by atoms with van der Waals surface area (Å²) in [6.07, 6.45) is 3.59. The van der Waals surface area contributed by atoms with Gasteiger partial charge in [0.25, 0.3) is 0 Å². The Bertz CT molecular complexity index is 233. The molecule has 2 aliphatic rings. The van der Waals surface area contributed by atoms with Crippen molar-refractivity contribution in [2.75, 3.05) is 19.6 Å². The van der Waals surface area contributed by atoms with Gasteiger partial charge >= 0.3 is 0 Å². The van der Waals surface area contributed by atoms with Gasteiger partial charge in [0.1, 0.15) is 0 Å². The van der Waals surface area contributed by atoms with Gasteiger partial charge in [0.15, 0.2) is 0 Å². The van der Waals surface area contributed by atoms with Crippen molar-refractivity contribution < 1.29 is 4.79 Å². The van der Waals surface area contributed by atoms with E-state index in [0.717, 1.165) is 26.1 Å². The fraction of sp³-hybridized carbons (Fsp3) is 0.909. The number of hydrogen-bond acceptors (Lipinski definition) is 2. The number of hydrogen-bond donors (Lipinski definition) is 1. The summed E-state index contributed by atoms with van der Waals surface area (Å²) in [5.41, 5.74) is 0.307. The van der Waals surface area contributed by atoms with Crippen LogP contribution >= 0.6 is 0 Å². The van der Waals surface area contributed by atoms with Crippen LogP contribution in [0.3, 0.4) is 0 Å². The lowest BCUT2D eigenvalue weighted by atomic mass is 10.1. The zero-order valence-corrected chi connectivity index (χ0v) is 9.18. The molecule has 1 heterocycles. The van der Waals surface area contributed by atoms with Crippen LogP contribution in [0, 0.1) is 5.92 Å². The average molecular weight is 196 g/mol. The van der Waals surface area contributed by atoms with Crippen LogP contribution in [0.1, 0.15) is 33.1 Å². The van der Waals surface area contributed by atoms with Crippen LogP contribution in [-0.4, -0.2) is 36.0 Å². The summed E-state index contributed by atoms with van der Waals surface area (Å²) in [7, 11) is 0. The highest BCUT2D eigenvalue weighted by Crippen LogP contribution is 2.37. The first-order valence-corrected chi connectivity index (χ1v) is 5.67. The maximum atomic E-state index is 11.9. The van der Waals surface area contributed by atoms with Crippen LogP contribution in [0.2, 0.25) is 0 Å². The Morgan fingerprint density at radius 2 is 2.14 bits per heavy atom. The first-order chi connectivity index (χ1) is 6.63. The van der Waals surface area contributed by atoms with Gasteiger partial charge in [0, 0.05) is 24.5 Å². The first kappa shape index (κ1) is 9.97. The SMILES string of the molecule is CC(C)C(=O)N1CCCNC2(CC2)C1. The molecule has 0 bridgehead atoms. The van der Waals surface area contributed by atoms with Gasteiger partial charge in [-0.2, -0.15) is 0 Å². The van der Waals surface area contributed by atoms with Gasteiger partial charge in [-0.3, -0.25) is 4.79 Å². The second-order valence-corrected chi connectivity index (χ2v) is 4.98. The zero-order chi connectivity index (χ0) is 10.2. The van der Waals surface area contributed by atoms with Crippen LogP contribution in [0.25, 0.3) is 0 Å². The Labute approximate surface area is 85.8 Å². The third-order valence-electron chi connectivity index (χ3n) is 3.26. The lowest BCUT2D eigenvalue weighted by Gasteiger charge is -2.25. The molecule has 0 aromatic carbocycles. The molecule has 1 amide bonds. The third-order valence-corrected chi connectivity index (χ3v) is 3.26. The lowest BCUT2D eigenvalue weighted by Crippen LogP contribution is -2.43. The van der Waals surface area contributed by atoms with Crippen LogP contribution in [0.5, 0.6) is 0 Å². The maximum Gasteiger partial charge on any atom is 0.225 e. The fourth-order valence-corrected chi connectivity index (χ4v) is 2.16. The summed E-state index contributed by atoms with van der Waals surface area (Å²) in [6, 6.07) is 0. The normalized spacial score (nSPS) is 25.2. The van der Waals surface area contributed by atoms with Gasteiger partial charge in [-0.1, -0.05) is 13.8 Å². The Hall–Kier alpha value is -0.570. The predicted octanol–water partition coefficient (Wildman–Crippen LogP) is 0.997. The molecule has 3 nitrogen and oxygen atoms in total. The number of amides is 1. The van der Waals surface area contributed by atoms with E-state index in [9.17, 15) is 4.79 Å². The van der Waals surface area contributed by atoms with Gasteiger partial charge in [0.05, 0.1) is 0 Å². The highest BCUT2D eigenvalue weighted by Gasteiger charge is 2.45. The van der Waals surface area contributed by atoms with Crippen molar-refractivity contribution in [1.82, 2.24) is 10.2 Å². The second kappa shape index (κ2) is 3.54. The molecule has 0 unspecified atom stereocenters. The van der Waals surface area contributed by atoms with Gasteiger partial charge in [-0.15, -0.1) is 0 Å². The standard InChI is InChI=1S/C11H20N2O/c1-9(2)10(14)13-7-3-6-12-11(8-13)4-5-11/h9,12H,3-8H2,1-2H3. The molecular weight excluding hydrogens is 176 g/mol. The molecule has 14 heavy (non-hydrogen) atoms. The molecule has 1 saturated heterocycles. The van der Waals surface area contributed by atoms with Crippen molar-refractivity contribution >= 4 is 5.91 Å². The van der Waals surface area contributed by atoms with Crippen molar-refractivity contribution in [1.29, 1.82) is 0 Å². The molecule has 1 N–H and O–H groups in total. The van der Waals surface area contributed by atoms with Crippen LogP contribution in [0.15, 0.2) is 0 Å². The molecule has 1 aliphatic carbocycles. The molecule has 2 rings (SSSR count). The fourth-order valence-electron chi connectivity index (χ4n) is 2.16. The number of rotatable bonds is 1. The molecule has 0 radical (unpaired) electrons. The van der Waals surface area contributed by atoms with Crippen LogP contribution in [0.4, 0.5) is 0 Å². The molecule has 0 aromatic rings. The lowest BCUT2D eigenvalue weighted by molar-refractivity contribution is -0.134. The van der Waals surface area contributed by atoms with Crippen molar-refractivity contribution in [2.45, 2.75) is 38.6 Å². The van der Waals surface area contributed by atoms with E-state index in [1.54, 1.807) is 0 Å². The van der Waals surface area contributed by atoms with Crippen molar-refractivity contribution in [3.8, 4) is 0 Å². The Balaban J connectivity index is 2.00. The maximum absolute atomic E-state index is 11.9. The van der Waals surface area contributed by atoms with E-state index in [-0.39, 0.29) is 5.92 Å². The summed E-state index contributed by atoms with van der Waals surface area (Å²) in [4.78, 5) is 13.9. The van der Waals surface area contributed by atoms with Gasteiger partial charge in [-0.05, 0) is 25.8 Å². The number of carbonyl (C=O) groups is 1. The van der Waals surface area contributed by atoms with E-state index in [1.165, 1.54) is 12.8 Å². The third kappa shape index (κ3) is 1.92. The Morgan fingerprint density at radius 1 is 1.43 bits per heavy atom. The van der Waals surface area contributed by atoms with Gasteiger partial charge in [-0.25, -0.2) is 0 Å². The van der Waals surface area contributed by atoms with E-state index in [0.29, 0.717) is 11.4 Å². The number of nitrogens with zero attached hydrogens (tertiary/aromatic N) is 1. The highest BCUT2D eigenvalue weighted by atomic mass is 16.2. The largest absolute Gasteiger partial charge is 0.341 e. The summed E-state index contributed by atoms with van der Waals surface area (Å²) < 4.78 is 0. The van der Waals surface area contributed by atoms with Crippen LogP contribution < -0.4 is 5.32 Å². The summed E-state index contributed by atoms with van der Waals surface area (Å²) in [6.45, 7) is 6.91. The molecule has 0 aromatic heterocycles. The van der Waals surface area contributed by atoms with E-state index >= 15 is 0 Å². The van der Waals surface area contributed by atoms with Gasteiger partial charge < -0.3 is 10.2 Å². The van der Waals surface area contributed by atoms with E-state index in [1.807, 2.05) is 13.8 Å². The highest BCUT2D eigenvalue weighted by molar-refractivity contribution is 5.78. The van der Waals surface area contributed by atoms with Crippen LogP contribution in [-0.2, 0) is 4.79 Å².